The smallest absolute Gasteiger partial charge is 0.306 e. The van der Waals surface area contributed by atoms with E-state index in [1.807, 2.05) is 0 Å². The van der Waals surface area contributed by atoms with E-state index in [-0.39, 0.29) is 31.1 Å². The zero-order valence-electron chi connectivity index (χ0n) is 32.7. The number of hydrogen-bond donors (Lipinski definition) is 0. The van der Waals surface area contributed by atoms with E-state index in [0.29, 0.717) is 25.7 Å². The summed E-state index contributed by atoms with van der Waals surface area (Å²) < 4.78 is 16.6. The van der Waals surface area contributed by atoms with Gasteiger partial charge in [0.05, 0.1) is 0 Å². The molecule has 0 aromatic carbocycles. The second-order valence-corrected chi connectivity index (χ2v) is 13.2. The third kappa shape index (κ3) is 33.8. The maximum atomic E-state index is 12.6. The predicted octanol–water partition coefficient (Wildman–Crippen LogP) is 11.2. The third-order valence-corrected chi connectivity index (χ3v) is 8.53. The molecule has 0 unspecified atom stereocenters. The van der Waals surface area contributed by atoms with Crippen molar-refractivity contribution in [1.29, 1.82) is 0 Å². The SMILES string of the molecule is CCC/C=C\C/C=C\CCCCCCCC(=O)OC[C@H](COC(=O)CCCN(CC)CC)OC(=O)CCCCCCC/C=C\C/C=C\CCC. The zero-order valence-corrected chi connectivity index (χ0v) is 32.7. The highest BCUT2D eigenvalue weighted by Gasteiger charge is 2.19. The van der Waals surface area contributed by atoms with E-state index in [1.54, 1.807) is 0 Å². The fourth-order valence-electron chi connectivity index (χ4n) is 5.33. The number of ether oxygens (including phenoxy) is 3. The van der Waals surface area contributed by atoms with Crippen LogP contribution in [-0.4, -0.2) is 61.8 Å². The minimum atomic E-state index is -0.794. The van der Waals surface area contributed by atoms with E-state index < -0.39 is 6.10 Å². The molecule has 0 aliphatic heterocycles. The van der Waals surface area contributed by atoms with Crippen LogP contribution in [-0.2, 0) is 28.6 Å². The van der Waals surface area contributed by atoms with Gasteiger partial charge in [0.25, 0.3) is 0 Å². The van der Waals surface area contributed by atoms with Gasteiger partial charge in [-0.05, 0) is 90.3 Å². The summed E-state index contributed by atoms with van der Waals surface area (Å²) in [6, 6.07) is 0. The summed E-state index contributed by atoms with van der Waals surface area (Å²) in [6.07, 6.45) is 37.9. The first-order valence-electron chi connectivity index (χ1n) is 20.3. The van der Waals surface area contributed by atoms with Gasteiger partial charge < -0.3 is 19.1 Å². The fraction of sp³-hybridized carbons (Fsp3) is 0.744. The van der Waals surface area contributed by atoms with Gasteiger partial charge in [0.2, 0.25) is 0 Å². The van der Waals surface area contributed by atoms with Crippen LogP contribution in [0.1, 0.15) is 169 Å². The van der Waals surface area contributed by atoms with Gasteiger partial charge in [0.15, 0.2) is 6.10 Å². The normalized spacial score (nSPS) is 12.6. The molecule has 0 aromatic heterocycles. The molecular weight excluding hydrogens is 626 g/mol. The zero-order chi connectivity index (χ0) is 36.8. The number of allylic oxidation sites excluding steroid dienone is 8. The first kappa shape index (κ1) is 47.3. The molecule has 50 heavy (non-hydrogen) atoms. The van der Waals surface area contributed by atoms with Crippen LogP contribution in [0.2, 0.25) is 0 Å². The Morgan fingerprint density at radius 3 is 1.34 bits per heavy atom. The van der Waals surface area contributed by atoms with Crippen LogP contribution in [0.3, 0.4) is 0 Å². The Kier molecular flexibility index (Phi) is 35.6. The molecule has 0 saturated heterocycles. The van der Waals surface area contributed by atoms with E-state index >= 15 is 0 Å². The van der Waals surface area contributed by atoms with Crippen molar-refractivity contribution in [2.45, 2.75) is 175 Å². The molecule has 0 radical (unpaired) electrons. The van der Waals surface area contributed by atoms with E-state index in [0.717, 1.165) is 122 Å². The lowest BCUT2D eigenvalue weighted by molar-refractivity contribution is -0.167. The average Bonchev–Trinajstić information content (AvgIpc) is 3.11. The summed E-state index contributed by atoms with van der Waals surface area (Å²) in [5.74, 6) is -0.976. The lowest BCUT2D eigenvalue weighted by atomic mass is 10.1. The van der Waals surface area contributed by atoms with E-state index in [1.165, 1.54) is 12.8 Å². The molecule has 0 saturated carbocycles. The quantitative estimate of drug-likeness (QED) is 0.0281. The molecular formula is C43H75NO6. The molecule has 0 fully saturated rings. The molecule has 0 heterocycles. The third-order valence-electron chi connectivity index (χ3n) is 8.53. The number of carbonyl (C=O) groups is 3. The van der Waals surface area contributed by atoms with Crippen molar-refractivity contribution in [3.8, 4) is 0 Å². The van der Waals surface area contributed by atoms with E-state index in [9.17, 15) is 14.4 Å². The Morgan fingerprint density at radius 1 is 0.480 bits per heavy atom. The highest BCUT2D eigenvalue weighted by Crippen LogP contribution is 2.12. The van der Waals surface area contributed by atoms with Crippen molar-refractivity contribution in [2.24, 2.45) is 0 Å². The largest absolute Gasteiger partial charge is 0.462 e. The van der Waals surface area contributed by atoms with Gasteiger partial charge in [-0.25, -0.2) is 0 Å². The molecule has 0 rings (SSSR count). The Morgan fingerprint density at radius 2 is 0.880 bits per heavy atom. The maximum Gasteiger partial charge on any atom is 0.306 e. The molecule has 0 bridgehead atoms. The Labute approximate surface area is 307 Å². The maximum absolute atomic E-state index is 12.6. The Bertz CT molecular complexity index is 920. The molecule has 0 aromatic rings. The Hall–Kier alpha value is -2.67. The van der Waals surface area contributed by atoms with Gasteiger partial charge in [0.1, 0.15) is 13.2 Å². The number of rotatable bonds is 35. The number of hydrogen-bond acceptors (Lipinski definition) is 7. The fourth-order valence-corrected chi connectivity index (χ4v) is 5.33. The highest BCUT2D eigenvalue weighted by molar-refractivity contribution is 5.71. The van der Waals surface area contributed by atoms with Crippen LogP contribution < -0.4 is 0 Å². The first-order chi connectivity index (χ1) is 24.5. The van der Waals surface area contributed by atoms with Crippen molar-refractivity contribution >= 4 is 17.9 Å². The van der Waals surface area contributed by atoms with E-state index in [2.05, 4.69) is 81.2 Å². The Balaban J connectivity index is 4.41. The second-order valence-electron chi connectivity index (χ2n) is 13.2. The van der Waals surface area contributed by atoms with Crippen LogP contribution >= 0.6 is 0 Å². The molecule has 1 atom stereocenters. The average molecular weight is 702 g/mol. The van der Waals surface area contributed by atoms with Crippen molar-refractivity contribution < 1.29 is 28.6 Å². The van der Waals surface area contributed by atoms with Crippen molar-refractivity contribution in [1.82, 2.24) is 4.90 Å². The van der Waals surface area contributed by atoms with Gasteiger partial charge in [-0.1, -0.05) is 128 Å². The molecule has 0 aliphatic carbocycles. The summed E-state index contributed by atoms with van der Waals surface area (Å²) in [4.78, 5) is 39.7. The summed E-state index contributed by atoms with van der Waals surface area (Å²) >= 11 is 0. The minimum absolute atomic E-state index is 0.0980. The van der Waals surface area contributed by atoms with Gasteiger partial charge in [-0.2, -0.15) is 0 Å². The molecule has 7 heteroatoms. The number of carbonyl (C=O) groups excluding carboxylic acids is 3. The summed E-state index contributed by atoms with van der Waals surface area (Å²) in [5.41, 5.74) is 0. The summed E-state index contributed by atoms with van der Waals surface area (Å²) in [7, 11) is 0. The lowest BCUT2D eigenvalue weighted by Crippen LogP contribution is -2.31. The summed E-state index contributed by atoms with van der Waals surface area (Å²) in [6.45, 7) is 11.1. The molecule has 288 valence electrons. The van der Waals surface area contributed by atoms with Crippen molar-refractivity contribution in [3.63, 3.8) is 0 Å². The van der Waals surface area contributed by atoms with Gasteiger partial charge >= 0.3 is 17.9 Å². The van der Waals surface area contributed by atoms with Crippen LogP contribution in [0.25, 0.3) is 0 Å². The highest BCUT2D eigenvalue weighted by atomic mass is 16.6. The van der Waals surface area contributed by atoms with Gasteiger partial charge in [0, 0.05) is 19.3 Å². The summed E-state index contributed by atoms with van der Waals surface area (Å²) in [5, 5.41) is 0. The minimum Gasteiger partial charge on any atom is -0.462 e. The van der Waals surface area contributed by atoms with Gasteiger partial charge in [-0.15, -0.1) is 0 Å². The van der Waals surface area contributed by atoms with Crippen LogP contribution in [0, 0.1) is 0 Å². The van der Waals surface area contributed by atoms with Crippen LogP contribution in [0.4, 0.5) is 0 Å². The van der Waals surface area contributed by atoms with Crippen LogP contribution in [0.15, 0.2) is 48.6 Å². The molecule has 7 nitrogen and oxygen atoms in total. The van der Waals surface area contributed by atoms with E-state index in [4.69, 9.17) is 14.2 Å². The number of unbranched alkanes of at least 4 members (excludes halogenated alkanes) is 12. The monoisotopic (exact) mass is 702 g/mol. The molecule has 0 spiro atoms. The molecule has 0 aliphatic rings. The lowest BCUT2D eigenvalue weighted by Gasteiger charge is -2.19. The van der Waals surface area contributed by atoms with Crippen LogP contribution in [0.5, 0.6) is 0 Å². The van der Waals surface area contributed by atoms with Crippen molar-refractivity contribution in [2.75, 3.05) is 32.8 Å². The molecule has 0 N–H and O–H groups in total. The second kappa shape index (κ2) is 37.6. The van der Waals surface area contributed by atoms with Gasteiger partial charge in [-0.3, -0.25) is 14.4 Å². The number of esters is 3. The van der Waals surface area contributed by atoms with Crippen molar-refractivity contribution in [3.05, 3.63) is 48.6 Å². The standard InChI is InChI=1S/C43H75NO6/c1-5-9-11-13-15-17-19-21-23-25-27-29-31-34-41(45)48-38-40(39-49-42(46)36-33-37-44(7-3)8-4)50-43(47)35-32-30-28-26-24-22-20-18-16-14-12-10-6-2/h11-14,17-20,40H,5-10,15-16,21-39H2,1-4H3/b13-11-,14-12-,19-17-,20-18-/t40-/m1/s1. The molecule has 0 amide bonds. The topological polar surface area (TPSA) is 82.1 Å². The first-order valence-corrected chi connectivity index (χ1v) is 20.3. The predicted molar refractivity (Wildman–Crippen MR) is 209 cm³/mol. The number of nitrogens with zero attached hydrogens (tertiary/aromatic N) is 1.